The molecular formula is C16H23N5O. The summed E-state index contributed by atoms with van der Waals surface area (Å²) in [4.78, 5) is 2.22. The summed E-state index contributed by atoms with van der Waals surface area (Å²) in [6, 6.07) is 8.11. The number of hydrogen-bond donors (Lipinski definition) is 1. The third kappa shape index (κ3) is 3.06. The molecule has 0 spiro atoms. The van der Waals surface area contributed by atoms with Gasteiger partial charge in [-0.1, -0.05) is 0 Å². The first kappa shape index (κ1) is 14.8. The van der Waals surface area contributed by atoms with E-state index in [2.05, 4.69) is 60.4 Å². The standard InChI is InChI=1S/C16H23N5O/c1-11-5-6-12(2)21(11)19-15-7-8-16(18-17-15)20-9-13(3)22-14(4)10-20/h5-8,13-14H,9-10H2,1-4H3,(H,17,19). The smallest absolute Gasteiger partial charge is 0.167 e. The molecular weight excluding hydrogens is 278 g/mol. The van der Waals surface area contributed by atoms with Crippen LogP contribution in [0.2, 0.25) is 0 Å². The van der Waals surface area contributed by atoms with Crippen LogP contribution in [0.1, 0.15) is 25.2 Å². The number of anilines is 2. The van der Waals surface area contributed by atoms with Gasteiger partial charge in [-0.2, -0.15) is 0 Å². The average Bonchev–Trinajstić information content (AvgIpc) is 2.79. The highest BCUT2D eigenvalue weighted by Crippen LogP contribution is 2.18. The Bertz CT molecular complexity index is 607. The summed E-state index contributed by atoms with van der Waals surface area (Å²) in [6.07, 6.45) is 0.432. The molecule has 1 fully saturated rings. The highest BCUT2D eigenvalue weighted by atomic mass is 16.5. The fraction of sp³-hybridized carbons (Fsp3) is 0.500. The molecule has 2 atom stereocenters. The van der Waals surface area contributed by atoms with Crippen LogP contribution >= 0.6 is 0 Å². The predicted molar refractivity (Wildman–Crippen MR) is 87.2 cm³/mol. The van der Waals surface area contributed by atoms with Gasteiger partial charge in [-0.25, -0.2) is 0 Å². The molecule has 2 unspecified atom stereocenters. The van der Waals surface area contributed by atoms with Gasteiger partial charge in [0.1, 0.15) is 0 Å². The number of nitrogens with zero attached hydrogens (tertiary/aromatic N) is 4. The Morgan fingerprint density at radius 2 is 1.64 bits per heavy atom. The average molecular weight is 301 g/mol. The molecule has 118 valence electrons. The molecule has 0 bridgehead atoms. The molecule has 2 aromatic heterocycles. The van der Waals surface area contributed by atoms with Gasteiger partial charge in [-0.05, 0) is 52.0 Å². The minimum Gasteiger partial charge on any atom is -0.372 e. The first-order valence-corrected chi connectivity index (χ1v) is 7.69. The lowest BCUT2D eigenvalue weighted by molar-refractivity contribution is -0.00550. The zero-order chi connectivity index (χ0) is 15.7. The Morgan fingerprint density at radius 1 is 1.00 bits per heavy atom. The van der Waals surface area contributed by atoms with E-state index in [0.29, 0.717) is 0 Å². The van der Waals surface area contributed by atoms with Crippen molar-refractivity contribution in [3.8, 4) is 0 Å². The topological polar surface area (TPSA) is 55.2 Å². The van der Waals surface area contributed by atoms with E-state index in [0.717, 1.165) is 36.1 Å². The van der Waals surface area contributed by atoms with Gasteiger partial charge in [-0.15, -0.1) is 10.2 Å². The molecule has 0 saturated carbocycles. The van der Waals surface area contributed by atoms with Gasteiger partial charge in [-0.3, -0.25) is 10.1 Å². The number of aromatic nitrogens is 3. The van der Waals surface area contributed by atoms with Gasteiger partial charge in [0.2, 0.25) is 0 Å². The van der Waals surface area contributed by atoms with Crippen molar-refractivity contribution in [3.05, 3.63) is 35.7 Å². The summed E-state index contributed by atoms with van der Waals surface area (Å²) < 4.78 is 7.76. The number of aryl methyl sites for hydroxylation is 2. The van der Waals surface area contributed by atoms with Crippen molar-refractivity contribution >= 4 is 11.6 Å². The second-order valence-corrected chi connectivity index (χ2v) is 6.00. The summed E-state index contributed by atoms with van der Waals surface area (Å²) in [5.74, 6) is 1.63. The zero-order valence-corrected chi connectivity index (χ0v) is 13.6. The van der Waals surface area contributed by atoms with E-state index in [9.17, 15) is 0 Å². The largest absolute Gasteiger partial charge is 0.372 e. The van der Waals surface area contributed by atoms with Gasteiger partial charge in [0.15, 0.2) is 11.6 Å². The highest BCUT2D eigenvalue weighted by Gasteiger charge is 2.23. The molecule has 2 aromatic rings. The van der Waals surface area contributed by atoms with Crippen molar-refractivity contribution in [2.45, 2.75) is 39.9 Å². The number of nitrogens with one attached hydrogen (secondary N) is 1. The molecule has 1 saturated heterocycles. The molecule has 1 N–H and O–H groups in total. The van der Waals surface area contributed by atoms with Crippen molar-refractivity contribution in [2.24, 2.45) is 0 Å². The lowest BCUT2D eigenvalue weighted by atomic mass is 10.2. The van der Waals surface area contributed by atoms with Crippen molar-refractivity contribution < 1.29 is 4.74 Å². The molecule has 6 nitrogen and oxygen atoms in total. The van der Waals surface area contributed by atoms with Gasteiger partial charge in [0.25, 0.3) is 0 Å². The Balaban J connectivity index is 1.73. The van der Waals surface area contributed by atoms with Crippen LogP contribution in [0, 0.1) is 13.8 Å². The number of rotatable bonds is 3. The summed E-state index contributed by atoms with van der Waals surface area (Å²) in [5.41, 5.74) is 5.54. The van der Waals surface area contributed by atoms with E-state index in [1.54, 1.807) is 0 Å². The van der Waals surface area contributed by atoms with Crippen LogP contribution in [0.3, 0.4) is 0 Å². The minimum atomic E-state index is 0.216. The van der Waals surface area contributed by atoms with Crippen LogP contribution in [-0.4, -0.2) is 40.2 Å². The van der Waals surface area contributed by atoms with Crippen LogP contribution in [0.5, 0.6) is 0 Å². The van der Waals surface area contributed by atoms with Gasteiger partial charge < -0.3 is 9.64 Å². The second-order valence-electron chi connectivity index (χ2n) is 6.00. The van der Waals surface area contributed by atoms with Gasteiger partial charge in [0.05, 0.1) is 12.2 Å². The lowest BCUT2D eigenvalue weighted by Gasteiger charge is -2.35. The van der Waals surface area contributed by atoms with E-state index in [-0.39, 0.29) is 12.2 Å². The van der Waals surface area contributed by atoms with Gasteiger partial charge in [0, 0.05) is 24.5 Å². The monoisotopic (exact) mass is 301 g/mol. The maximum atomic E-state index is 5.75. The molecule has 1 aliphatic heterocycles. The van der Waals surface area contributed by atoms with E-state index in [1.807, 2.05) is 16.8 Å². The molecule has 0 aromatic carbocycles. The first-order chi connectivity index (χ1) is 10.5. The Morgan fingerprint density at radius 3 is 2.18 bits per heavy atom. The first-order valence-electron chi connectivity index (χ1n) is 7.69. The van der Waals surface area contributed by atoms with E-state index in [1.165, 1.54) is 0 Å². The third-order valence-corrected chi connectivity index (χ3v) is 3.89. The molecule has 0 radical (unpaired) electrons. The fourth-order valence-electron chi connectivity index (χ4n) is 2.88. The Kier molecular flexibility index (Phi) is 4.02. The van der Waals surface area contributed by atoms with E-state index in [4.69, 9.17) is 4.74 Å². The summed E-state index contributed by atoms with van der Waals surface area (Å²) in [7, 11) is 0. The lowest BCUT2D eigenvalue weighted by Crippen LogP contribution is -2.45. The molecule has 0 amide bonds. The SMILES string of the molecule is Cc1ccc(C)n1Nc1ccc(N2CC(C)OC(C)C2)nn1. The predicted octanol–water partition coefficient (Wildman–Crippen LogP) is 2.38. The molecule has 0 aliphatic carbocycles. The number of ether oxygens (including phenoxy) is 1. The van der Waals surface area contributed by atoms with Crippen LogP contribution in [0.4, 0.5) is 11.6 Å². The van der Waals surface area contributed by atoms with Crippen LogP contribution in [-0.2, 0) is 4.74 Å². The van der Waals surface area contributed by atoms with E-state index < -0.39 is 0 Å². The number of hydrogen-bond acceptors (Lipinski definition) is 5. The maximum Gasteiger partial charge on any atom is 0.167 e. The summed E-state index contributed by atoms with van der Waals surface area (Å²) in [5, 5.41) is 8.65. The molecule has 3 rings (SSSR count). The Hall–Kier alpha value is -2.08. The van der Waals surface area contributed by atoms with Crippen LogP contribution in [0.25, 0.3) is 0 Å². The van der Waals surface area contributed by atoms with Gasteiger partial charge >= 0.3 is 0 Å². The summed E-state index contributed by atoms with van der Waals surface area (Å²) >= 11 is 0. The van der Waals surface area contributed by atoms with Crippen LogP contribution in [0.15, 0.2) is 24.3 Å². The zero-order valence-electron chi connectivity index (χ0n) is 13.6. The normalized spacial score (nSPS) is 21.9. The molecule has 3 heterocycles. The van der Waals surface area contributed by atoms with Crippen molar-refractivity contribution in [2.75, 3.05) is 23.4 Å². The minimum absolute atomic E-state index is 0.216. The third-order valence-electron chi connectivity index (χ3n) is 3.89. The van der Waals surface area contributed by atoms with Crippen molar-refractivity contribution in [1.29, 1.82) is 0 Å². The number of morpholine rings is 1. The molecule has 6 heteroatoms. The van der Waals surface area contributed by atoms with Crippen LogP contribution < -0.4 is 10.3 Å². The van der Waals surface area contributed by atoms with Crippen molar-refractivity contribution in [3.63, 3.8) is 0 Å². The highest BCUT2D eigenvalue weighted by molar-refractivity contribution is 5.44. The molecule has 1 aliphatic rings. The quantitative estimate of drug-likeness (QED) is 0.943. The van der Waals surface area contributed by atoms with E-state index >= 15 is 0 Å². The Labute approximate surface area is 131 Å². The second kappa shape index (κ2) is 5.96. The summed E-state index contributed by atoms with van der Waals surface area (Å²) in [6.45, 7) is 9.98. The fourth-order valence-corrected chi connectivity index (χ4v) is 2.88. The molecule has 22 heavy (non-hydrogen) atoms. The maximum absolute atomic E-state index is 5.75. The van der Waals surface area contributed by atoms with Crippen molar-refractivity contribution in [1.82, 2.24) is 14.9 Å².